The quantitative estimate of drug-likeness (QED) is 0.640. The van der Waals surface area contributed by atoms with Crippen molar-refractivity contribution in [3.63, 3.8) is 0 Å². The van der Waals surface area contributed by atoms with Crippen molar-refractivity contribution in [2.75, 3.05) is 6.54 Å². The number of nitrogens with two attached hydrogens (primary N) is 1. The van der Waals surface area contributed by atoms with Crippen LogP contribution in [-0.4, -0.2) is 23.4 Å². The summed E-state index contributed by atoms with van der Waals surface area (Å²) in [6.07, 6.45) is 2.98. The Hall–Kier alpha value is -1.66. The fraction of sp³-hybridized carbons (Fsp3) is 0.588. The molecule has 0 aromatic heterocycles. The molecular weight excluding hydrogens is 330 g/mol. The second-order valence-corrected chi connectivity index (χ2v) is 7.25. The average Bonchev–Trinajstić information content (AvgIpc) is 2.92. The van der Waals surface area contributed by atoms with E-state index in [9.17, 15) is 14.9 Å². The molecule has 1 saturated carbocycles. The van der Waals surface area contributed by atoms with Gasteiger partial charge in [-0.25, -0.2) is 0 Å². The van der Waals surface area contributed by atoms with Crippen LogP contribution in [0.5, 0.6) is 0 Å². The van der Waals surface area contributed by atoms with Crippen molar-refractivity contribution in [2.45, 2.75) is 51.5 Å². The lowest BCUT2D eigenvalue weighted by Gasteiger charge is -2.21. The predicted molar refractivity (Wildman–Crippen MR) is 96.7 cm³/mol. The minimum atomic E-state index is -0.421. The number of carbonyl (C=O) groups is 1. The molecule has 2 rings (SSSR count). The highest BCUT2D eigenvalue weighted by molar-refractivity contribution is 5.95. The zero-order valence-electron chi connectivity index (χ0n) is 14.4. The minimum absolute atomic E-state index is 0. The zero-order chi connectivity index (χ0) is 17.2. The summed E-state index contributed by atoms with van der Waals surface area (Å²) in [7, 11) is 0. The van der Waals surface area contributed by atoms with E-state index in [1.165, 1.54) is 6.07 Å². The number of amides is 1. The maximum absolute atomic E-state index is 12.4. The molecule has 1 amide bonds. The van der Waals surface area contributed by atoms with Gasteiger partial charge in [-0.2, -0.15) is 0 Å². The summed E-state index contributed by atoms with van der Waals surface area (Å²) < 4.78 is 0. The first-order valence-electron chi connectivity index (χ1n) is 8.04. The van der Waals surface area contributed by atoms with Crippen molar-refractivity contribution >= 4 is 24.0 Å². The standard InChI is InChI=1S/C17H25N3O3.ClH/c1-17(2,3)13-8-7-11(9-15(13)20(22)23)16(21)19-14-6-4-5-12(14)10-18;/h7-9,12,14H,4-6,10,18H2,1-3H3,(H,19,21);1H. The molecule has 6 nitrogen and oxygen atoms in total. The van der Waals surface area contributed by atoms with Gasteiger partial charge < -0.3 is 11.1 Å². The number of nitrogens with zero attached hydrogens (tertiary/aromatic N) is 1. The van der Waals surface area contributed by atoms with Crippen molar-refractivity contribution in [2.24, 2.45) is 11.7 Å². The molecule has 0 bridgehead atoms. The highest BCUT2D eigenvalue weighted by Gasteiger charge is 2.29. The lowest BCUT2D eigenvalue weighted by Crippen LogP contribution is -2.39. The lowest BCUT2D eigenvalue weighted by atomic mass is 9.85. The van der Waals surface area contributed by atoms with Gasteiger partial charge in [0.05, 0.1) is 4.92 Å². The van der Waals surface area contributed by atoms with Crippen LogP contribution in [-0.2, 0) is 5.41 Å². The number of hydrogen-bond donors (Lipinski definition) is 2. The Morgan fingerprint density at radius 3 is 2.58 bits per heavy atom. The van der Waals surface area contributed by atoms with Gasteiger partial charge in [-0.05, 0) is 36.8 Å². The summed E-state index contributed by atoms with van der Waals surface area (Å²) in [5, 5.41) is 14.3. The van der Waals surface area contributed by atoms with E-state index in [-0.39, 0.29) is 35.5 Å². The zero-order valence-corrected chi connectivity index (χ0v) is 15.2. The monoisotopic (exact) mass is 355 g/mol. The van der Waals surface area contributed by atoms with Gasteiger partial charge in [0, 0.05) is 23.2 Å². The Bertz CT molecular complexity index is 614. The van der Waals surface area contributed by atoms with Crippen LogP contribution < -0.4 is 11.1 Å². The maximum atomic E-state index is 12.4. The molecule has 1 aromatic carbocycles. The van der Waals surface area contributed by atoms with Gasteiger partial charge in [0.1, 0.15) is 0 Å². The van der Waals surface area contributed by atoms with E-state index in [1.807, 2.05) is 20.8 Å². The maximum Gasteiger partial charge on any atom is 0.273 e. The Labute approximate surface area is 148 Å². The summed E-state index contributed by atoms with van der Waals surface area (Å²) in [4.78, 5) is 23.3. The number of halogens is 1. The largest absolute Gasteiger partial charge is 0.349 e. The molecular formula is C17H26ClN3O3. The molecule has 1 aromatic rings. The molecule has 7 heteroatoms. The van der Waals surface area contributed by atoms with Crippen molar-refractivity contribution in [3.8, 4) is 0 Å². The lowest BCUT2D eigenvalue weighted by molar-refractivity contribution is -0.386. The third-order valence-electron chi connectivity index (χ3n) is 4.54. The second-order valence-electron chi connectivity index (χ2n) is 7.25. The fourth-order valence-electron chi connectivity index (χ4n) is 3.22. The number of benzene rings is 1. The van der Waals surface area contributed by atoms with Crippen molar-refractivity contribution in [1.29, 1.82) is 0 Å². The molecule has 2 unspecified atom stereocenters. The number of nitro benzene ring substituents is 1. The summed E-state index contributed by atoms with van der Waals surface area (Å²) in [6.45, 7) is 6.30. The average molecular weight is 356 g/mol. The SMILES string of the molecule is CC(C)(C)c1ccc(C(=O)NC2CCCC2CN)cc1[N+](=O)[O-].Cl. The Balaban J connectivity index is 0.00000288. The van der Waals surface area contributed by atoms with Gasteiger partial charge in [-0.1, -0.05) is 33.3 Å². The molecule has 1 fully saturated rings. The number of nitro groups is 1. The molecule has 0 saturated heterocycles. The van der Waals surface area contributed by atoms with Crippen LogP contribution in [0, 0.1) is 16.0 Å². The van der Waals surface area contributed by atoms with Crippen LogP contribution in [0.3, 0.4) is 0 Å². The first-order chi connectivity index (χ1) is 10.7. The van der Waals surface area contributed by atoms with E-state index in [0.29, 0.717) is 23.6 Å². The Kier molecular flexibility index (Phi) is 6.75. The third-order valence-corrected chi connectivity index (χ3v) is 4.54. The van der Waals surface area contributed by atoms with Crippen molar-refractivity contribution in [3.05, 3.63) is 39.4 Å². The van der Waals surface area contributed by atoms with Gasteiger partial charge in [-0.3, -0.25) is 14.9 Å². The molecule has 134 valence electrons. The van der Waals surface area contributed by atoms with E-state index in [0.717, 1.165) is 19.3 Å². The molecule has 0 heterocycles. The topological polar surface area (TPSA) is 98.3 Å². The van der Waals surface area contributed by atoms with E-state index in [2.05, 4.69) is 5.32 Å². The van der Waals surface area contributed by atoms with Crippen LogP contribution in [0.4, 0.5) is 5.69 Å². The molecule has 0 radical (unpaired) electrons. The first kappa shape index (κ1) is 20.4. The van der Waals surface area contributed by atoms with E-state index < -0.39 is 4.92 Å². The van der Waals surface area contributed by atoms with E-state index in [4.69, 9.17) is 5.73 Å². The minimum Gasteiger partial charge on any atom is -0.349 e. The van der Waals surface area contributed by atoms with Crippen LogP contribution in [0.2, 0.25) is 0 Å². The number of hydrogen-bond acceptors (Lipinski definition) is 4. The van der Waals surface area contributed by atoms with Gasteiger partial charge in [0.15, 0.2) is 0 Å². The van der Waals surface area contributed by atoms with Gasteiger partial charge in [0.25, 0.3) is 11.6 Å². The molecule has 24 heavy (non-hydrogen) atoms. The second kappa shape index (κ2) is 7.94. The predicted octanol–water partition coefficient (Wildman–Crippen LogP) is 3.17. The Morgan fingerprint density at radius 2 is 2.04 bits per heavy atom. The number of nitrogens with one attached hydrogen (secondary N) is 1. The summed E-state index contributed by atoms with van der Waals surface area (Å²) >= 11 is 0. The molecule has 1 aliphatic rings. The summed E-state index contributed by atoms with van der Waals surface area (Å²) in [5.74, 6) is 0.0293. The normalized spacial score (nSPS) is 20.3. The van der Waals surface area contributed by atoms with Crippen molar-refractivity contribution in [1.82, 2.24) is 5.32 Å². The molecule has 0 aliphatic heterocycles. The molecule has 1 aliphatic carbocycles. The molecule has 3 N–H and O–H groups in total. The highest BCUT2D eigenvalue weighted by Crippen LogP contribution is 2.32. The van der Waals surface area contributed by atoms with Gasteiger partial charge in [0.2, 0.25) is 0 Å². The summed E-state index contributed by atoms with van der Waals surface area (Å²) in [5.41, 5.74) is 6.32. The van der Waals surface area contributed by atoms with Gasteiger partial charge >= 0.3 is 0 Å². The Morgan fingerprint density at radius 1 is 1.38 bits per heavy atom. The smallest absolute Gasteiger partial charge is 0.273 e. The summed E-state index contributed by atoms with van der Waals surface area (Å²) in [6, 6.07) is 4.79. The van der Waals surface area contributed by atoms with Crippen LogP contribution in [0.25, 0.3) is 0 Å². The fourth-order valence-corrected chi connectivity index (χ4v) is 3.22. The molecule has 2 atom stereocenters. The van der Waals surface area contributed by atoms with Crippen LogP contribution in [0.15, 0.2) is 18.2 Å². The number of carbonyl (C=O) groups excluding carboxylic acids is 1. The number of rotatable bonds is 4. The van der Waals surface area contributed by atoms with E-state index >= 15 is 0 Å². The van der Waals surface area contributed by atoms with Crippen molar-refractivity contribution < 1.29 is 9.72 Å². The van der Waals surface area contributed by atoms with Crippen LogP contribution >= 0.6 is 12.4 Å². The van der Waals surface area contributed by atoms with Crippen LogP contribution in [0.1, 0.15) is 56.0 Å². The van der Waals surface area contributed by atoms with E-state index in [1.54, 1.807) is 12.1 Å². The third kappa shape index (κ3) is 4.45. The first-order valence-corrected chi connectivity index (χ1v) is 8.04. The highest BCUT2D eigenvalue weighted by atomic mass is 35.5. The molecule has 0 spiro atoms. The van der Waals surface area contributed by atoms with Gasteiger partial charge in [-0.15, -0.1) is 12.4 Å².